The van der Waals surface area contributed by atoms with E-state index in [0.717, 1.165) is 12.3 Å². The smallest absolute Gasteiger partial charge is 0.177 e. The molecule has 2 unspecified atom stereocenters. The number of hydrogen-bond acceptors (Lipinski definition) is 4. The molecule has 94 valence electrons. The Labute approximate surface area is 103 Å². The van der Waals surface area contributed by atoms with Gasteiger partial charge in [-0.3, -0.25) is 0 Å². The number of ether oxygens (including phenoxy) is 1. The van der Waals surface area contributed by atoms with Gasteiger partial charge in [0.05, 0.1) is 6.54 Å². The lowest BCUT2D eigenvalue weighted by Gasteiger charge is -2.15. The van der Waals surface area contributed by atoms with Crippen molar-refractivity contribution in [1.82, 2.24) is 16.4 Å². The second-order valence-electron chi connectivity index (χ2n) is 4.52. The average Bonchev–Trinajstić information content (AvgIpc) is 2.82. The van der Waals surface area contributed by atoms with Gasteiger partial charge in [-0.1, -0.05) is 32.4 Å². The molecule has 1 fully saturated rings. The predicted octanol–water partition coefficient (Wildman–Crippen LogP) is 1.91. The Morgan fingerprint density at radius 2 is 2.35 bits per heavy atom. The molecular formula is C13H21N3O. The molecule has 2 atom stereocenters. The lowest BCUT2D eigenvalue weighted by Crippen LogP contribution is -2.36. The molecule has 0 radical (unpaired) electrons. The maximum atomic E-state index is 5.81. The van der Waals surface area contributed by atoms with Crippen LogP contribution in [0, 0.1) is 0 Å². The summed E-state index contributed by atoms with van der Waals surface area (Å²) in [4.78, 5) is 0. The van der Waals surface area contributed by atoms with Crippen LogP contribution in [0.15, 0.2) is 24.3 Å². The van der Waals surface area contributed by atoms with E-state index in [1.165, 1.54) is 18.4 Å². The van der Waals surface area contributed by atoms with E-state index < -0.39 is 0 Å². The molecule has 4 nitrogen and oxygen atoms in total. The maximum Gasteiger partial charge on any atom is 0.177 e. The number of nitrogens with one attached hydrogen (secondary N) is 3. The van der Waals surface area contributed by atoms with Crippen LogP contribution in [0.1, 0.15) is 38.2 Å². The molecule has 0 aromatic heterocycles. The summed E-state index contributed by atoms with van der Waals surface area (Å²) in [6, 6.07) is 8.38. The van der Waals surface area contributed by atoms with E-state index in [2.05, 4.69) is 48.4 Å². The molecule has 0 aliphatic carbocycles. The van der Waals surface area contributed by atoms with Crippen molar-refractivity contribution in [3.8, 4) is 5.75 Å². The minimum Gasteiger partial charge on any atom is -0.473 e. The molecule has 0 saturated carbocycles. The van der Waals surface area contributed by atoms with Crippen LogP contribution in [0.2, 0.25) is 0 Å². The summed E-state index contributed by atoms with van der Waals surface area (Å²) in [5.41, 5.74) is 10.1. The van der Waals surface area contributed by atoms with Crippen molar-refractivity contribution in [3.05, 3.63) is 29.8 Å². The first kappa shape index (κ1) is 12.4. The largest absolute Gasteiger partial charge is 0.473 e. The molecule has 0 spiro atoms. The minimum atomic E-state index is -0.00766. The third kappa shape index (κ3) is 3.43. The average molecular weight is 235 g/mol. The Bertz CT molecular complexity index is 350. The second-order valence-corrected chi connectivity index (χ2v) is 4.52. The maximum absolute atomic E-state index is 5.81. The highest BCUT2D eigenvalue weighted by molar-refractivity contribution is 5.30. The monoisotopic (exact) mass is 235 g/mol. The van der Waals surface area contributed by atoms with Gasteiger partial charge in [-0.2, -0.15) is 5.53 Å². The predicted molar refractivity (Wildman–Crippen MR) is 68.5 cm³/mol. The van der Waals surface area contributed by atoms with E-state index >= 15 is 0 Å². The van der Waals surface area contributed by atoms with Crippen molar-refractivity contribution in [2.24, 2.45) is 0 Å². The molecule has 0 amide bonds. The summed E-state index contributed by atoms with van der Waals surface area (Å²) < 4.78 is 5.81. The van der Waals surface area contributed by atoms with E-state index in [-0.39, 0.29) is 6.23 Å². The molecule has 0 bridgehead atoms. The minimum absolute atomic E-state index is 0.00766. The molecule has 1 aromatic carbocycles. The van der Waals surface area contributed by atoms with Crippen molar-refractivity contribution < 1.29 is 4.74 Å². The van der Waals surface area contributed by atoms with Gasteiger partial charge in [0.15, 0.2) is 6.23 Å². The van der Waals surface area contributed by atoms with Gasteiger partial charge in [-0.25, -0.2) is 10.9 Å². The van der Waals surface area contributed by atoms with Gasteiger partial charge in [-0.15, -0.1) is 0 Å². The van der Waals surface area contributed by atoms with Crippen LogP contribution in [-0.4, -0.2) is 12.8 Å². The van der Waals surface area contributed by atoms with Crippen LogP contribution in [0.3, 0.4) is 0 Å². The summed E-state index contributed by atoms with van der Waals surface area (Å²) in [5.74, 6) is 1.52. The molecule has 3 N–H and O–H groups in total. The van der Waals surface area contributed by atoms with Crippen LogP contribution in [0.5, 0.6) is 5.75 Å². The van der Waals surface area contributed by atoms with Crippen molar-refractivity contribution >= 4 is 0 Å². The van der Waals surface area contributed by atoms with Crippen LogP contribution in [-0.2, 0) is 0 Å². The lowest BCUT2D eigenvalue weighted by molar-refractivity contribution is 0.191. The van der Waals surface area contributed by atoms with E-state index in [0.29, 0.717) is 5.92 Å². The number of hydrazine groups is 2. The fourth-order valence-electron chi connectivity index (χ4n) is 2.06. The van der Waals surface area contributed by atoms with Crippen molar-refractivity contribution in [2.45, 2.75) is 38.8 Å². The van der Waals surface area contributed by atoms with E-state index in [4.69, 9.17) is 4.74 Å². The summed E-state index contributed by atoms with van der Waals surface area (Å²) in [6.45, 7) is 5.24. The molecule has 1 saturated heterocycles. The SMILES string of the molecule is CCCC(C)c1cccc(OC2CNNN2)c1. The van der Waals surface area contributed by atoms with Crippen molar-refractivity contribution in [3.63, 3.8) is 0 Å². The molecule has 1 aromatic rings. The highest BCUT2D eigenvalue weighted by Crippen LogP contribution is 2.24. The third-order valence-corrected chi connectivity index (χ3v) is 3.04. The topological polar surface area (TPSA) is 45.3 Å². The molecule has 17 heavy (non-hydrogen) atoms. The molecule has 1 heterocycles. The second kappa shape index (κ2) is 6.00. The number of rotatable bonds is 5. The van der Waals surface area contributed by atoms with E-state index in [1.54, 1.807) is 0 Å². The van der Waals surface area contributed by atoms with Crippen molar-refractivity contribution in [1.29, 1.82) is 0 Å². The summed E-state index contributed by atoms with van der Waals surface area (Å²) in [7, 11) is 0. The van der Waals surface area contributed by atoms with Crippen LogP contribution in [0.4, 0.5) is 0 Å². The quantitative estimate of drug-likeness (QED) is 0.729. The van der Waals surface area contributed by atoms with Gasteiger partial charge in [0, 0.05) is 0 Å². The lowest BCUT2D eigenvalue weighted by atomic mass is 9.96. The number of hydrogen-bond donors (Lipinski definition) is 3. The molecule has 4 heteroatoms. The zero-order valence-electron chi connectivity index (χ0n) is 10.5. The fraction of sp³-hybridized carbons (Fsp3) is 0.538. The Morgan fingerprint density at radius 3 is 3.06 bits per heavy atom. The van der Waals surface area contributed by atoms with E-state index in [1.807, 2.05) is 6.07 Å². The van der Waals surface area contributed by atoms with Gasteiger partial charge in [0.1, 0.15) is 5.75 Å². The highest BCUT2D eigenvalue weighted by atomic mass is 16.5. The summed E-state index contributed by atoms with van der Waals surface area (Å²) in [5, 5.41) is 0. The standard InChI is InChI=1S/C13H21N3O/c1-3-5-10(2)11-6-4-7-12(8-11)17-13-9-14-16-15-13/h4,6-8,10,13-16H,3,5,9H2,1-2H3. The van der Waals surface area contributed by atoms with Gasteiger partial charge in [0.25, 0.3) is 0 Å². The Morgan fingerprint density at radius 1 is 1.47 bits per heavy atom. The first-order valence-corrected chi connectivity index (χ1v) is 6.29. The van der Waals surface area contributed by atoms with Gasteiger partial charge < -0.3 is 4.74 Å². The Kier molecular flexibility index (Phi) is 4.36. The molecular weight excluding hydrogens is 214 g/mol. The first-order valence-electron chi connectivity index (χ1n) is 6.29. The Hall–Kier alpha value is -1.10. The zero-order valence-corrected chi connectivity index (χ0v) is 10.5. The Balaban J connectivity index is 2.00. The van der Waals surface area contributed by atoms with Gasteiger partial charge in [-0.05, 0) is 30.0 Å². The van der Waals surface area contributed by atoms with Crippen LogP contribution >= 0.6 is 0 Å². The first-order chi connectivity index (χ1) is 8.29. The summed E-state index contributed by atoms with van der Waals surface area (Å²) in [6.07, 6.45) is 2.42. The third-order valence-electron chi connectivity index (χ3n) is 3.04. The van der Waals surface area contributed by atoms with Gasteiger partial charge >= 0.3 is 0 Å². The highest BCUT2D eigenvalue weighted by Gasteiger charge is 2.15. The van der Waals surface area contributed by atoms with Crippen LogP contribution < -0.4 is 21.1 Å². The number of benzene rings is 1. The van der Waals surface area contributed by atoms with E-state index in [9.17, 15) is 0 Å². The molecule has 2 rings (SSSR count). The molecule has 1 aliphatic heterocycles. The van der Waals surface area contributed by atoms with Crippen molar-refractivity contribution in [2.75, 3.05) is 6.54 Å². The van der Waals surface area contributed by atoms with Crippen LogP contribution in [0.25, 0.3) is 0 Å². The summed E-state index contributed by atoms with van der Waals surface area (Å²) >= 11 is 0. The fourth-order valence-corrected chi connectivity index (χ4v) is 2.06. The zero-order chi connectivity index (χ0) is 12.1. The van der Waals surface area contributed by atoms with Gasteiger partial charge in [0.2, 0.25) is 0 Å². The normalized spacial score (nSPS) is 21.4. The molecule has 1 aliphatic rings.